The molecule has 0 radical (unpaired) electrons. The lowest BCUT2D eigenvalue weighted by molar-refractivity contribution is 0.0923. The number of hydrogen-bond acceptors (Lipinski definition) is 5. The zero-order valence-corrected chi connectivity index (χ0v) is 19.5. The van der Waals surface area contributed by atoms with Crippen LogP contribution in [0.3, 0.4) is 0 Å². The van der Waals surface area contributed by atoms with E-state index in [9.17, 15) is 10.2 Å². The third-order valence-corrected chi connectivity index (χ3v) is 5.40. The lowest BCUT2D eigenvalue weighted by Crippen LogP contribution is -2.32. The fraction of sp³-hybridized carbons (Fsp3) is 0.400. The van der Waals surface area contributed by atoms with Gasteiger partial charge in [0.25, 0.3) is 0 Å². The van der Waals surface area contributed by atoms with Crippen LogP contribution in [0, 0.1) is 12.5 Å². The molecule has 2 rings (SSSR count). The Morgan fingerprint density at radius 1 is 1.00 bits per heavy atom. The molecule has 2 aromatic rings. The van der Waals surface area contributed by atoms with Gasteiger partial charge in [0.15, 0.2) is 0 Å². The SMILES string of the molecule is C#C/N=C\N(C)C[C@H](O)COc1ccc(C(C)(C)c2ccc(OC[C@@H](O)CCl)cc2)cc1. The summed E-state index contributed by atoms with van der Waals surface area (Å²) < 4.78 is 11.3. The molecule has 0 heterocycles. The predicted molar refractivity (Wildman–Crippen MR) is 129 cm³/mol. The lowest BCUT2D eigenvalue weighted by atomic mass is 9.78. The lowest BCUT2D eigenvalue weighted by Gasteiger charge is -2.26. The van der Waals surface area contributed by atoms with Crippen molar-refractivity contribution in [1.29, 1.82) is 0 Å². The van der Waals surface area contributed by atoms with E-state index in [1.54, 1.807) is 11.9 Å². The second kappa shape index (κ2) is 12.4. The van der Waals surface area contributed by atoms with Crippen LogP contribution in [-0.4, -0.2) is 66.3 Å². The average Bonchev–Trinajstić information content (AvgIpc) is 2.80. The molecule has 0 unspecified atom stereocenters. The molecule has 0 saturated carbocycles. The summed E-state index contributed by atoms with van der Waals surface area (Å²) >= 11 is 5.59. The van der Waals surface area contributed by atoms with Crippen molar-refractivity contribution in [3.05, 3.63) is 59.7 Å². The molecule has 7 heteroatoms. The number of benzene rings is 2. The number of terminal acetylenes is 1. The highest BCUT2D eigenvalue weighted by atomic mass is 35.5. The first-order valence-corrected chi connectivity index (χ1v) is 10.9. The molecule has 0 spiro atoms. The molecule has 0 aliphatic rings. The number of aliphatic hydroxyl groups excluding tert-OH is 2. The number of likely N-dealkylation sites (N-methyl/N-ethyl adjacent to an activating group) is 1. The van der Waals surface area contributed by atoms with Gasteiger partial charge in [0.1, 0.15) is 43.3 Å². The molecule has 172 valence electrons. The van der Waals surface area contributed by atoms with Crippen molar-refractivity contribution in [3.8, 4) is 24.0 Å². The summed E-state index contributed by atoms with van der Waals surface area (Å²) in [5, 5.41) is 19.6. The summed E-state index contributed by atoms with van der Waals surface area (Å²) in [6, 6.07) is 17.8. The van der Waals surface area contributed by atoms with E-state index in [1.165, 1.54) is 6.34 Å². The number of rotatable bonds is 12. The Morgan fingerprint density at radius 2 is 1.47 bits per heavy atom. The number of hydrogen-bond donors (Lipinski definition) is 2. The van der Waals surface area contributed by atoms with Crippen LogP contribution in [-0.2, 0) is 5.41 Å². The van der Waals surface area contributed by atoms with Crippen LogP contribution in [0.1, 0.15) is 25.0 Å². The predicted octanol–water partition coefficient (Wildman–Crippen LogP) is 3.28. The van der Waals surface area contributed by atoms with Crippen molar-refractivity contribution in [2.45, 2.75) is 31.5 Å². The van der Waals surface area contributed by atoms with E-state index in [4.69, 9.17) is 27.5 Å². The van der Waals surface area contributed by atoms with E-state index >= 15 is 0 Å². The Bertz CT molecular complexity index is 892. The zero-order valence-electron chi connectivity index (χ0n) is 18.7. The van der Waals surface area contributed by atoms with Crippen molar-refractivity contribution >= 4 is 17.9 Å². The van der Waals surface area contributed by atoms with E-state index in [0.717, 1.165) is 11.1 Å². The van der Waals surface area contributed by atoms with Gasteiger partial charge in [-0.15, -0.1) is 11.6 Å². The first-order chi connectivity index (χ1) is 15.3. The van der Waals surface area contributed by atoms with Gasteiger partial charge in [0, 0.05) is 25.1 Å². The molecule has 2 N–H and O–H groups in total. The maximum atomic E-state index is 10.1. The van der Waals surface area contributed by atoms with Crippen LogP contribution >= 0.6 is 11.6 Å². The number of nitrogens with zero attached hydrogens (tertiary/aromatic N) is 2. The quantitative estimate of drug-likeness (QED) is 0.221. The first kappa shape index (κ1) is 25.5. The molecular formula is C25H31ClN2O4. The van der Waals surface area contributed by atoms with Gasteiger partial charge in [0.2, 0.25) is 0 Å². The summed E-state index contributed by atoms with van der Waals surface area (Å²) in [6.07, 6.45) is 5.21. The van der Waals surface area contributed by atoms with E-state index in [0.29, 0.717) is 18.0 Å². The zero-order chi connectivity index (χ0) is 23.6. The van der Waals surface area contributed by atoms with Crippen LogP contribution in [0.2, 0.25) is 0 Å². The molecular weight excluding hydrogens is 428 g/mol. The number of halogens is 1. The molecule has 0 aliphatic heterocycles. The Morgan fingerprint density at radius 3 is 1.91 bits per heavy atom. The van der Waals surface area contributed by atoms with Gasteiger partial charge in [0.05, 0.1) is 5.88 Å². The molecule has 0 aliphatic carbocycles. The fourth-order valence-electron chi connectivity index (χ4n) is 3.10. The van der Waals surface area contributed by atoms with E-state index in [1.807, 2.05) is 48.5 Å². The molecule has 2 atom stereocenters. The molecule has 0 aromatic heterocycles. The highest BCUT2D eigenvalue weighted by Crippen LogP contribution is 2.33. The smallest absolute Gasteiger partial charge is 0.119 e. The van der Waals surface area contributed by atoms with Gasteiger partial charge in [-0.05, 0) is 35.4 Å². The highest BCUT2D eigenvalue weighted by molar-refractivity contribution is 6.18. The van der Waals surface area contributed by atoms with E-state index in [2.05, 4.69) is 24.9 Å². The number of ether oxygens (including phenoxy) is 2. The largest absolute Gasteiger partial charge is 0.491 e. The number of aliphatic hydroxyl groups is 2. The Labute approximate surface area is 195 Å². The minimum atomic E-state index is -0.683. The van der Waals surface area contributed by atoms with Gasteiger partial charge < -0.3 is 24.6 Å². The van der Waals surface area contributed by atoms with Crippen molar-refractivity contribution in [2.75, 3.05) is 32.7 Å². The minimum Gasteiger partial charge on any atom is -0.491 e. The third-order valence-electron chi connectivity index (χ3n) is 5.04. The number of alkyl halides is 1. The van der Waals surface area contributed by atoms with Gasteiger partial charge in [-0.25, -0.2) is 0 Å². The molecule has 2 aromatic carbocycles. The minimum absolute atomic E-state index is 0.141. The number of aliphatic imine (C=N–C) groups is 1. The van der Waals surface area contributed by atoms with E-state index in [-0.39, 0.29) is 24.5 Å². The van der Waals surface area contributed by atoms with Crippen LogP contribution in [0.15, 0.2) is 53.5 Å². The Hall–Kier alpha value is -2.72. The van der Waals surface area contributed by atoms with Gasteiger partial charge >= 0.3 is 0 Å². The molecule has 0 saturated heterocycles. The fourth-order valence-corrected chi connectivity index (χ4v) is 3.18. The summed E-state index contributed by atoms with van der Waals surface area (Å²) in [7, 11) is 1.78. The van der Waals surface area contributed by atoms with Gasteiger partial charge in [-0.2, -0.15) is 4.99 Å². The second-order valence-electron chi connectivity index (χ2n) is 8.07. The Balaban J connectivity index is 1.94. The van der Waals surface area contributed by atoms with Crippen molar-refractivity contribution in [1.82, 2.24) is 4.90 Å². The van der Waals surface area contributed by atoms with Crippen LogP contribution < -0.4 is 9.47 Å². The first-order valence-electron chi connectivity index (χ1n) is 10.3. The third kappa shape index (κ3) is 7.76. The standard InChI is InChI=1S/C25H31ClN2O4/c1-5-27-18-28(4)15-22(30)17-32-24-12-8-20(9-13-24)25(2,3)19-6-10-23(11-7-19)31-16-21(29)14-26/h1,6-13,18,21-22,29-30H,14-17H2,2-4H3/b27-18-/t21-,22-/m0/s1. The molecule has 0 amide bonds. The Kier molecular flexibility index (Phi) is 9.86. The monoisotopic (exact) mass is 458 g/mol. The summed E-state index contributed by atoms with van der Waals surface area (Å²) in [5.74, 6) is 1.51. The average molecular weight is 459 g/mol. The normalized spacial score (nSPS) is 13.4. The van der Waals surface area contributed by atoms with Crippen molar-refractivity contribution < 1.29 is 19.7 Å². The van der Waals surface area contributed by atoms with Crippen LogP contribution in [0.25, 0.3) is 0 Å². The molecule has 32 heavy (non-hydrogen) atoms. The summed E-state index contributed by atoms with van der Waals surface area (Å²) in [5.41, 5.74) is 2.02. The van der Waals surface area contributed by atoms with Gasteiger partial charge in [-0.3, -0.25) is 0 Å². The molecule has 6 nitrogen and oxygen atoms in total. The van der Waals surface area contributed by atoms with E-state index < -0.39 is 12.2 Å². The maximum absolute atomic E-state index is 10.1. The maximum Gasteiger partial charge on any atom is 0.119 e. The highest BCUT2D eigenvalue weighted by Gasteiger charge is 2.23. The van der Waals surface area contributed by atoms with Crippen LogP contribution in [0.5, 0.6) is 11.5 Å². The molecule has 0 fully saturated rings. The van der Waals surface area contributed by atoms with Crippen LogP contribution in [0.4, 0.5) is 0 Å². The van der Waals surface area contributed by atoms with Gasteiger partial charge in [-0.1, -0.05) is 44.5 Å². The summed E-state index contributed by atoms with van der Waals surface area (Å²) in [6.45, 7) is 4.98. The second-order valence-corrected chi connectivity index (χ2v) is 8.38. The molecule has 0 bridgehead atoms. The topological polar surface area (TPSA) is 74.5 Å². The van der Waals surface area contributed by atoms with Crippen molar-refractivity contribution in [3.63, 3.8) is 0 Å². The van der Waals surface area contributed by atoms with Crippen molar-refractivity contribution in [2.24, 2.45) is 4.99 Å². The summed E-state index contributed by atoms with van der Waals surface area (Å²) in [4.78, 5) is 5.38.